The van der Waals surface area contributed by atoms with Crippen molar-refractivity contribution < 1.29 is 4.74 Å². The van der Waals surface area contributed by atoms with Crippen LogP contribution in [0.25, 0.3) is 0 Å². The summed E-state index contributed by atoms with van der Waals surface area (Å²) in [7, 11) is 0. The maximum Gasteiger partial charge on any atom is 0.0674 e. The highest BCUT2D eigenvalue weighted by molar-refractivity contribution is 4.76. The van der Waals surface area contributed by atoms with Crippen LogP contribution in [0.15, 0.2) is 12.7 Å². The lowest BCUT2D eigenvalue weighted by Gasteiger charge is -2.36. The summed E-state index contributed by atoms with van der Waals surface area (Å²) in [5.74, 6) is 0. The van der Waals surface area contributed by atoms with Crippen molar-refractivity contribution in [3.05, 3.63) is 12.7 Å². The van der Waals surface area contributed by atoms with Gasteiger partial charge < -0.3 is 10.1 Å². The zero-order chi connectivity index (χ0) is 10.4. The van der Waals surface area contributed by atoms with Crippen LogP contribution in [0.1, 0.15) is 13.8 Å². The van der Waals surface area contributed by atoms with Gasteiger partial charge in [-0.1, -0.05) is 6.08 Å². The van der Waals surface area contributed by atoms with Gasteiger partial charge in [-0.3, -0.25) is 4.90 Å². The van der Waals surface area contributed by atoms with Crippen molar-refractivity contribution in [3.8, 4) is 0 Å². The van der Waals surface area contributed by atoms with Gasteiger partial charge in [-0.15, -0.1) is 6.58 Å². The van der Waals surface area contributed by atoms with Gasteiger partial charge >= 0.3 is 0 Å². The topological polar surface area (TPSA) is 24.5 Å². The minimum atomic E-state index is 0.380. The molecule has 0 aromatic heterocycles. The van der Waals surface area contributed by atoms with E-state index in [0.717, 1.165) is 32.8 Å². The summed E-state index contributed by atoms with van der Waals surface area (Å²) in [5.41, 5.74) is 0. The molecule has 0 aliphatic carbocycles. The highest BCUT2D eigenvalue weighted by Crippen LogP contribution is 2.09. The Morgan fingerprint density at radius 3 is 3.07 bits per heavy atom. The minimum Gasteiger partial charge on any atom is -0.376 e. The summed E-state index contributed by atoms with van der Waals surface area (Å²) in [6.45, 7) is 13.0. The third-order valence-corrected chi connectivity index (χ3v) is 2.60. The second-order valence-electron chi connectivity index (χ2n) is 3.98. The predicted octanol–water partition coefficient (Wildman–Crippen LogP) is 0.871. The Morgan fingerprint density at radius 1 is 1.57 bits per heavy atom. The van der Waals surface area contributed by atoms with Gasteiger partial charge in [-0.2, -0.15) is 0 Å². The maximum absolute atomic E-state index is 5.57. The second-order valence-corrected chi connectivity index (χ2v) is 3.98. The van der Waals surface area contributed by atoms with E-state index in [9.17, 15) is 0 Å². The van der Waals surface area contributed by atoms with Gasteiger partial charge in [0.25, 0.3) is 0 Å². The molecular formula is C11H22N2O. The van der Waals surface area contributed by atoms with E-state index in [1.807, 2.05) is 6.08 Å². The molecule has 2 atom stereocenters. The number of hydrogen-bond acceptors (Lipinski definition) is 3. The third-order valence-electron chi connectivity index (χ3n) is 2.60. The molecule has 1 aliphatic rings. The Balaban J connectivity index is 2.17. The molecule has 2 unspecified atom stereocenters. The van der Waals surface area contributed by atoms with Crippen molar-refractivity contribution in [2.45, 2.75) is 26.0 Å². The first-order valence-corrected chi connectivity index (χ1v) is 5.41. The van der Waals surface area contributed by atoms with E-state index in [2.05, 4.69) is 30.6 Å². The van der Waals surface area contributed by atoms with Gasteiger partial charge in [-0.05, 0) is 13.8 Å². The van der Waals surface area contributed by atoms with Crippen molar-refractivity contribution in [3.63, 3.8) is 0 Å². The van der Waals surface area contributed by atoms with Crippen LogP contribution in [0.5, 0.6) is 0 Å². The van der Waals surface area contributed by atoms with E-state index in [-0.39, 0.29) is 0 Å². The molecule has 1 N–H and O–H groups in total. The van der Waals surface area contributed by atoms with Gasteiger partial charge in [0.15, 0.2) is 0 Å². The molecule has 14 heavy (non-hydrogen) atoms. The van der Waals surface area contributed by atoms with E-state index in [1.54, 1.807) is 0 Å². The summed E-state index contributed by atoms with van der Waals surface area (Å²) in [5, 5.41) is 3.32. The summed E-state index contributed by atoms with van der Waals surface area (Å²) < 4.78 is 5.57. The van der Waals surface area contributed by atoms with Crippen LogP contribution in [0, 0.1) is 0 Å². The van der Waals surface area contributed by atoms with Crippen LogP contribution < -0.4 is 5.32 Å². The van der Waals surface area contributed by atoms with Gasteiger partial charge in [0.2, 0.25) is 0 Å². The van der Waals surface area contributed by atoms with Gasteiger partial charge in [0.05, 0.1) is 12.7 Å². The molecule has 0 aromatic carbocycles. The first kappa shape index (κ1) is 11.7. The van der Waals surface area contributed by atoms with Crippen LogP contribution in [-0.2, 0) is 4.74 Å². The summed E-state index contributed by atoms with van der Waals surface area (Å²) in [4.78, 5) is 2.48. The highest BCUT2D eigenvalue weighted by Gasteiger charge is 2.22. The number of morpholine rings is 1. The number of nitrogens with zero attached hydrogens (tertiary/aromatic N) is 1. The molecule has 3 nitrogen and oxygen atoms in total. The SMILES string of the molecule is C=CCNCCN1CC(C)OCC1C. The summed E-state index contributed by atoms with van der Waals surface area (Å²) in [6.07, 6.45) is 2.27. The maximum atomic E-state index is 5.57. The fourth-order valence-electron chi connectivity index (χ4n) is 1.71. The monoisotopic (exact) mass is 198 g/mol. The third kappa shape index (κ3) is 3.78. The standard InChI is InChI=1S/C11H22N2O/c1-4-5-12-6-7-13-8-11(3)14-9-10(13)2/h4,10-12H,1,5-9H2,2-3H3. The molecule has 0 bridgehead atoms. The first-order chi connectivity index (χ1) is 6.74. The van der Waals surface area contributed by atoms with Crippen LogP contribution in [0.4, 0.5) is 0 Å². The summed E-state index contributed by atoms with van der Waals surface area (Å²) in [6, 6.07) is 0.553. The fourth-order valence-corrected chi connectivity index (χ4v) is 1.71. The predicted molar refractivity (Wildman–Crippen MR) is 59.5 cm³/mol. The van der Waals surface area contributed by atoms with Crippen molar-refractivity contribution in [1.29, 1.82) is 0 Å². The molecular weight excluding hydrogens is 176 g/mol. The smallest absolute Gasteiger partial charge is 0.0674 e. The first-order valence-electron chi connectivity index (χ1n) is 5.41. The number of nitrogens with one attached hydrogen (secondary N) is 1. The van der Waals surface area contributed by atoms with Crippen LogP contribution in [0.3, 0.4) is 0 Å². The number of hydrogen-bond donors (Lipinski definition) is 1. The van der Waals surface area contributed by atoms with Crippen LogP contribution >= 0.6 is 0 Å². The Kier molecular flexibility index (Phi) is 5.15. The molecule has 1 saturated heterocycles. The van der Waals surface area contributed by atoms with Gasteiger partial charge in [0, 0.05) is 32.2 Å². The fraction of sp³-hybridized carbons (Fsp3) is 0.818. The molecule has 1 aliphatic heterocycles. The molecule has 1 fully saturated rings. The molecule has 1 heterocycles. The highest BCUT2D eigenvalue weighted by atomic mass is 16.5. The van der Waals surface area contributed by atoms with Crippen LogP contribution in [-0.4, -0.2) is 49.8 Å². The molecule has 0 saturated carbocycles. The van der Waals surface area contributed by atoms with E-state index >= 15 is 0 Å². The van der Waals surface area contributed by atoms with Gasteiger partial charge in [-0.25, -0.2) is 0 Å². The largest absolute Gasteiger partial charge is 0.376 e. The molecule has 0 aromatic rings. The molecule has 82 valence electrons. The van der Waals surface area contributed by atoms with E-state index in [0.29, 0.717) is 12.1 Å². The zero-order valence-electron chi connectivity index (χ0n) is 9.33. The molecule has 0 spiro atoms. The Morgan fingerprint density at radius 2 is 2.36 bits per heavy atom. The van der Waals surface area contributed by atoms with Crippen molar-refractivity contribution in [1.82, 2.24) is 10.2 Å². The Bertz CT molecular complexity index is 173. The zero-order valence-corrected chi connectivity index (χ0v) is 9.33. The van der Waals surface area contributed by atoms with Crippen molar-refractivity contribution >= 4 is 0 Å². The van der Waals surface area contributed by atoms with Crippen LogP contribution in [0.2, 0.25) is 0 Å². The van der Waals surface area contributed by atoms with E-state index in [1.165, 1.54) is 0 Å². The van der Waals surface area contributed by atoms with Gasteiger partial charge in [0.1, 0.15) is 0 Å². The lowest BCUT2D eigenvalue weighted by molar-refractivity contribution is -0.0485. The quantitative estimate of drug-likeness (QED) is 0.524. The lowest BCUT2D eigenvalue weighted by Crippen LogP contribution is -2.49. The number of rotatable bonds is 5. The lowest BCUT2D eigenvalue weighted by atomic mass is 10.2. The van der Waals surface area contributed by atoms with Crippen molar-refractivity contribution in [2.75, 3.05) is 32.8 Å². The Hall–Kier alpha value is -0.380. The average Bonchev–Trinajstić information content (AvgIpc) is 2.18. The van der Waals surface area contributed by atoms with E-state index < -0.39 is 0 Å². The molecule has 3 heteroatoms. The minimum absolute atomic E-state index is 0.380. The normalized spacial score (nSPS) is 29.0. The molecule has 0 radical (unpaired) electrons. The van der Waals surface area contributed by atoms with E-state index in [4.69, 9.17) is 4.74 Å². The second kappa shape index (κ2) is 6.17. The van der Waals surface area contributed by atoms with Crippen molar-refractivity contribution in [2.24, 2.45) is 0 Å². The number of ether oxygens (including phenoxy) is 1. The average molecular weight is 198 g/mol. The summed E-state index contributed by atoms with van der Waals surface area (Å²) >= 11 is 0. The Labute approximate surface area is 87.1 Å². The molecule has 1 rings (SSSR count). The molecule has 0 amide bonds.